The molecular formula is C21H27NSi. The Morgan fingerprint density at radius 3 is 2.00 bits per heavy atom. The average molecular weight is 322 g/mol. The van der Waals surface area contributed by atoms with Gasteiger partial charge in [0, 0.05) is 0 Å². The Labute approximate surface area is 142 Å². The van der Waals surface area contributed by atoms with Crippen LogP contribution in [0, 0.1) is 11.3 Å². The first-order chi connectivity index (χ1) is 10.9. The molecule has 0 amide bonds. The monoisotopic (exact) mass is 321 g/mol. The van der Waals surface area contributed by atoms with Gasteiger partial charge in [0.25, 0.3) is 0 Å². The van der Waals surface area contributed by atoms with Gasteiger partial charge in [-0.1, -0.05) is 93.4 Å². The number of hydrogen-bond acceptors (Lipinski definition) is 1. The molecule has 0 aliphatic carbocycles. The van der Waals surface area contributed by atoms with Crippen LogP contribution in [0.2, 0.25) is 17.6 Å². The van der Waals surface area contributed by atoms with Crippen LogP contribution < -0.4 is 0 Å². The van der Waals surface area contributed by atoms with Gasteiger partial charge in [-0.2, -0.15) is 5.26 Å². The maximum absolute atomic E-state index is 9.26. The average Bonchev–Trinajstić information content (AvgIpc) is 2.55. The standard InChI is InChI=1S/C21H27NSi/c1-16(2)23(5,17(3)4)15-18-10-12-19(13-11-18)21-9-7-6-8-20(21)14-22/h6-13,16-17H,15H2,1-5H3. The van der Waals surface area contributed by atoms with Crippen molar-refractivity contribution in [1.29, 1.82) is 5.26 Å². The maximum Gasteiger partial charge on any atom is 0.0998 e. The summed E-state index contributed by atoms with van der Waals surface area (Å²) in [5, 5.41) is 9.26. The quantitative estimate of drug-likeness (QED) is 0.601. The predicted molar refractivity (Wildman–Crippen MR) is 102 cm³/mol. The topological polar surface area (TPSA) is 23.8 Å². The molecule has 120 valence electrons. The Morgan fingerprint density at radius 2 is 1.48 bits per heavy atom. The fourth-order valence-electron chi connectivity index (χ4n) is 3.15. The van der Waals surface area contributed by atoms with Gasteiger partial charge in [-0.05, 0) is 23.2 Å². The van der Waals surface area contributed by atoms with Crippen LogP contribution in [0.5, 0.6) is 0 Å². The minimum Gasteiger partial charge on any atom is -0.192 e. The molecule has 1 nitrogen and oxygen atoms in total. The van der Waals surface area contributed by atoms with Gasteiger partial charge >= 0.3 is 0 Å². The molecule has 0 bridgehead atoms. The Morgan fingerprint density at radius 1 is 0.913 bits per heavy atom. The van der Waals surface area contributed by atoms with Crippen LogP contribution in [0.3, 0.4) is 0 Å². The minimum absolute atomic E-state index is 0.740. The molecule has 2 aromatic carbocycles. The Hall–Kier alpha value is -1.85. The van der Waals surface area contributed by atoms with E-state index in [1.54, 1.807) is 0 Å². The van der Waals surface area contributed by atoms with E-state index >= 15 is 0 Å². The van der Waals surface area contributed by atoms with Crippen molar-refractivity contribution in [2.45, 2.75) is 51.4 Å². The second-order valence-corrected chi connectivity index (χ2v) is 13.0. The summed E-state index contributed by atoms with van der Waals surface area (Å²) in [7, 11) is -1.31. The highest BCUT2D eigenvalue weighted by molar-refractivity contribution is 6.80. The van der Waals surface area contributed by atoms with Crippen molar-refractivity contribution in [3.05, 3.63) is 59.7 Å². The van der Waals surface area contributed by atoms with E-state index in [1.807, 2.05) is 24.3 Å². The molecule has 0 radical (unpaired) electrons. The molecule has 0 N–H and O–H groups in total. The van der Waals surface area contributed by atoms with E-state index in [-0.39, 0.29) is 0 Å². The van der Waals surface area contributed by atoms with Gasteiger partial charge in [0.1, 0.15) is 0 Å². The maximum atomic E-state index is 9.26. The first-order valence-electron chi connectivity index (χ1n) is 8.47. The fraction of sp³-hybridized carbons (Fsp3) is 0.381. The van der Waals surface area contributed by atoms with Crippen LogP contribution in [-0.2, 0) is 6.04 Å². The van der Waals surface area contributed by atoms with Crippen molar-refractivity contribution in [3.8, 4) is 17.2 Å². The molecule has 2 aromatic rings. The highest BCUT2D eigenvalue weighted by Crippen LogP contribution is 2.35. The third kappa shape index (κ3) is 3.73. The summed E-state index contributed by atoms with van der Waals surface area (Å²) in [5.41, 5.74) is 5.88. The first-order valence-corrected chi connectivity index (χ1v) is 11.3. The van der Waals surface area contributed by atoms with E-state index in [0.717, 1.165) is 27.8 Å². The number of hydrogen-bond donors (Lipinski definition) is 0. The zero-order chi connectivity index (χ0) is 17.0. The molecule has 0 spiro atoms. The Balaban J connectivity index is 2.28. The zero-order valence-corrected chi connectivity index (χ0v) is 15.9. The summed E-state index contributed by atoms with van der Waals surface area (Å²) in [4.78, 5) is 0. The minimum atomic E-state index is -1.31. The smallest absolute Gasteiger partial charge is 0.0998 e. The molecule has 0 aliphatic rings. The molecule has 0 saturated carbocycles. The SMILES string of the molecule is CC(C)[Si](C)(Cc1ccc(-c2ccccc2C#N)cc1)C(C)C. The highest BCUT2D eigenvalue weighted by Gasteiger charge is 2.34. The van der Waals surface area contributed by atoms with E-state index in [1.165, 1.54) is 11.6 Å². The summed E-state index contributed by atoms with van der Waals surface area (Å²) >= 11 is 0. The molecule has 0 heterocycles. The second kappa shape index (κ2) is 7.15. The van der Waals surface area contributed by atoms with Gasteiger partial charge in [-0.15, -0.1) is 0 Å². The summed E-state index contributed by atoms with van der Waals surface area (Å²) < 4.78 is 0. The fourth-order valence-corrected chi connectivity index (χ4v) is 6.41. The lowest BCUT2D eigenvalue weighted by Crippen LogP contribution is -2.40. The van der Waals surface area contributed by atoms with Gasteiger partial charge in [0.15, 0.2) is 0 Å². The molecule has 2 rings (SSSR count). The summed E-state index contributed by atoms with van der Waals surface area (Å²) in [5.74, 6) is 0. The molecule has 0 fully saturated rings. The number of rotatable bonds is 5. The normalized spacial score (nSPS) is 11.7. The van der Waals surface area contributed by atoms with Crippen LogP contribution in [0.15, 0.2) is 48.5 Å². The third-order valence-electron chi connectivity index (χ3n) is 5.54. The summed E-state index contributed by atoms with van der Waals surface area (Å²) in [6, 6.07) is 20.2. The van der Waals surface area contributed by atoms with Gasteiger partial charge in [-0.3, -0.25) is 0 Å². The van der Waals surface area contributed by atoms with E-state index in [0.29, 0.717) is 0 Å². The molecule has 0 unspecified atom stereocenters. The second-order valence-electron chi connectivity index (χ2n) is 7.35. The number of nitrogens with zero attached hydrogens (tertiary/aromatic N) is 1. The van der Waals surface area contributed by atoms with E-state index in [4.69, 9.17) is 0 Å². The van der Waals surface area contributed by atoms with Crippen molar-refractivity contribution in [2.75, 3.05) is 0 Å². The largest absolute Gasteiger partial charge is 0.192 e. The molecular weight excluding hydrogens is 294 g/mol. The van der Waals surface area contributed by atoms with Crippen LogP contribution in [0.4, 0.5) is 0 Å². The van der Waals surface area contributed by atoms with Gasteiger partial charge in [0.05, 0.1) is 19.7 Å². The summed E-state index contributed by atoms with van der Waals surface area (Å²) in [6.07, 6.45) is 0. The molecule has 2 heteroatoms. The molecule has 23 heavy (non-hydrogen) atoms. The Kier molecular flexibility index (Phi) is 5.44. The molecule has 0 atom stereocenters. The van der Waals surface area contributed by atoms with Gasteiger partial charge < -0.3 is 0 Å². The summed E-state index contributed by atoms with van der Waals surface area (Å²) in [6.45, 7) is 12.0. The molecule has 0 aromatic heterocycles. The first kappa shape index (κ1) is 17.5. The van der Waals surface area contributed by atoms with E-state index < -0.39 is 8.07 Å². The predicted octanol–water partition coefficient (Wildman–Crippen LogP) is 6.21. The van der Waals surface area contributed by atoms with Crippen LogP contribution in [-0.4, -0.2) is 8.07 Å². The van der Waals surface area contributed by atoms with Crippen molar-refractivity contribution in [1.82, 2.24) is 0 Å². The van der Waals surface area contributed by atoms with Crippen LogP contribution >= 0.6 is 0 Å². The van der Waals surface area contributed by atoms with Crippen LogP contribution in [0.1, 0.15) is 38.8 Å². The van der Waals surface area contributed by atoms with E-state index in [2.05, 4.69) is 64.6 Å². The lowest BCUT2D eigenvalue weighted by atomic mass is 10.00. The lowest BCUT2D eigenvalue weighted by Gasteiger charge is -2.36. The lowest BCUT2D eigenvalue weighted by molar-refractivity contribution is 0.879. The van der Waals surface area contributed by atoms with Crippen molar-refractivity contribution >= 4 is 8.07 Å². The highest BCUT2D eigenvalue weighted by atomic mass is 28.3. The van der Waals surface area contributed by atoms with Crippen molar-refractivity contribution in [2.24, 2.45) is 0 Å². The van der Waals surface area contributed by atoms with Crippen molar-refractivity contribution < 1.29 is 0 Å². The zero-order valence-electron chi connectivity index (χ0n) is 14.9. The molecule has 0 aliphatic heterocycles. The third-order valence-corrected chi connectivity index (χ3v) is 12.0. The number of nitriles is 1. The Bertz CT molecular complexity index is 685. The van der Waals surface area contributed by atoms with Crippen LogP contribution in [0.25, 0.3) is 11.1 Å². The number of benzene rings is 2. The molecule has 0 saturated heterocycles. The van der Waals surface area contributed by atoms with Gasteiger partial charge in [-0.25, -0.2) is 0 Å². The van der Waals surface area contributed by atoms with Crippen molar-refractivity contribution in [3.63, 3.8) is 0 Å². The van der Waals surface area contributed by atoms with Gasteiger partial charge in [0.2, 0.25) is 0 Å². The van der Waals surface area contributed by atoms with E-state index in [9.17, 15) is 5.26 Å².